The average molecular weight is 252 g/mol. The first kappa shape index (κ1) is 12.8. The number of nitrogens with zero attached hydrogens (tertiary/aromatic N) is 1. The fourth-order valence-corrected chi connectivity index (χ4v) is 1.72. The molecule has 0 saturated carbocycles. The topological polar surface area (TPSA) is 73.3 Å². The summed E-state index contributed by atoms with van der Waals surface area (Å²) in [6, 6.07) is 1.31. The Bertz CT molecular complexity index is 556. The molecule has 1 saturated heterocycles. The Labute approximate surface area is 104 Å². The van der Waals surface area contributed by atoms with Crippen LogP contribution >= 0.6 is 0 Å². The Hall–Kier alpha value is -1.66. The van der Waals surface area contributed by atoms with E-state index in [2.05, 4.69) is 4.98 Å². The van der Waals surface area contributed by atoms with E-state index in [1.807, 2.05) is 26.0 Å². The Morgan fingerprint density at radius 1 is 1.56 bits per heavy atom. The van der Waals surface area contributed by atoms with Gasteiger partial charge in [0, 0.05) is 18.8 Å². The molecule has 1 aliphatic heterocycles. The standard InChI is InChI=1S/C12H16N2O4/c1-12(2)17-8-9(18-12)4-3-6-14-7-5-10(15)13-11(14)16/h3-5,7,9H,6,8H2,1-2H3,(H,13,15,16)/b4-3+. The van der Waals surface area contributed by atoms with Crippen LogP contribution in [0.5, 0.6) is 0 Å². The lowest BCUT2D eigenvalue weighted by Gasteiger charge is -2.15. The summed E-state index contributed by atoms with van der Waals surface area (Å²) in [7, 11) is 0. The van der Waals surface area contributed by atoms with Crippen molar-refractivity contribution in [3.05, 3.63) is 45.3 Å². The van der Waals surface area contributed by atoms with Crippen molar-refractivity contribution in [3.8, 4) is 0 Å². The molecule has 0 bridgehead atoms. The maximum absolute atomic E-state index is 11.4. The molecule has 2 heterocycles. The van der Waals surface area contributed by atoms with Gasteiger partial charge in [0.25, 0.3) is 5.56 Å². The second-order valence-electron chi connectivity index (χ2n) is 4.56. The molecule has 0 amide bonds. The van der Waals surface area contributed by atoms with Crippen molar-refractivity contribution in [2.75, 3.05) is 6.61 Å². The normalized spacial score (nSPS) is 22.7. The van der Waals surface area contributed by atoms with Gasteiger partial charge >= 0.3 is 5.69 Å². The van der Waals surface area contributed by atoms with Crippen LogP contribution in [0.15, 0.2) is 34.0 Å². The summed E-state index contributed by atoms with van der Waals surface area (Å²) in [5, 5.41) is 0. The van der Waals surface area contributed by atoms with Crippen LogP contribution in [-0.2, 0) is 16.0 Å². The number of hydrogen-bond donors (Lipinski definition) is 1. The van der Waals surface area contributed by atoms with Crippen molar-refractivity contribution in [3.63, 3.8) is 0 Å². The first-order valence-electron chi connectivity index (χ1n) is 5.74. The van der Waals surface area contributed by atoms with E-state index in [0.29, 0.717) is 13.2 Å². The summed E-state index contributed by atoms with van der Waals surface area (Å²) in [6.07, 6.45) is 5.03. The molecule has 18 heavy (non-hydrogen) atoms. The third-order valence-electron chi connectivity index (χ3n) is 2.58. The fourth-order valence-electron chi connectivity index (χ4n) is 1.72. The summed E-state index contributed by atoms with van der Waals surface area (Å²) in [5.74, 6) is -0.552. The summed E-state index contributed by atoms with van der Waals surface area (Å²) in [6.45, 7) is 4.60. The maximum Gasteiger partial charge on any atom is 0.328 e. The van der Waals surface area contributed by atoms with Gasteiger partial charge in [-0.1, -0.05) is 12.2 Å². The van der Waals surface area contributed by atoms with Crippen molar-refractivity contribution in [1.82, 2.24) is 9.55 Å². The van der Waals surface area contributed by atoms with Crippen LogP contribution in [0.25, 0.3) is 0 Å². The summed E-state index contributed by atoms with van der Waals surface area (Å²) in [5.41, 5.74) is -0.814. The second-order valence-corrected chi connectivity index (χ2v) is 4.56. The molecule has 2 rings (SSSR count). The van der Waals surface area contributed by atoms with Gasteiger partial charge in [0.1, 0.15) is 6.10 Å². The van der Waals surface area contributed by atoms with Crippen molar-refractivity contribution in [1.29, 1.82) is 0 Å². The van der Waals surface area contributed by atoms with Gasteiger partial charge in [0.15, 0.2) is 5.79 Å². The van der Waals surface area contributed by atoms with E-state index in [1.54, 1.807) is 0 Å². The highest BCUT2D eigenvalue weighted by molar-refractivity contribution is 4.94. The minimum Gasteiger partial charge on any atom is -0.347 e. The van der Waals surface area contributed by atoms with Crippen LogP contribution in [-0.4, -0.2) is 28.0 Å². The Morgan fingerprint density at radius 3 is 2.94 bits per heavy atom. The molecule has 0 spiro atoms. The van der Waals surface area contributed by atoms with Gasteiger partial charge in [0.2, 0.25) is 0 Å². The number of nitrogens with one attached hydrogen (secondary N) is 1. The van der Waals surface area contributed by atoms with Gasteiger partial charge < -0.3 is 9.47 Å². The Morgan fingerprint density at radius 2 is 2.33 bits per heavy atom. The lowest BCUT2D eigenvalue weighted by molar-refractivity contribution is -0.133. The number of aromatic amines is 1. The molecule has 6 heteroatoms. The van der Waals surface area contributed by atoms with Crippen LogP contribution in [0.1, 0.15) is 13.8 Å². The van der Waals surface area contributed by atoms with Crippen LogP contribution in [0.2, 0.25) is 0 Å². The van der Waals surface area contributed by atoms with Crippen molar-refractivity contribution < 1.29 is 9.47 Å². The first-order valence-corrected chi connectivity index (χ1v) is 5.74. The van der Waals surface area contributed by atoms with Crippen LogP contribution in [0, 0.1) is 0 Å². The highest BCUT2D eigenvalue weighted by Gasteiger charge is 2.30. The summed E-state index contributed by atoms with van der Waals surface area (Å²) >= 11 is 0. The molecular weight excluding hydrogens is 236 g/mol. The molecule has 1 atom stereocenters. The van der Waals surface area contributed by atoms with Crippen LogP contribution < -0.4 is 11.2 Å². The van der Waals surface area contributed by atoms with Gasteiger partial charge in [-0.05, 0) is 13.8 Å². The number of H-pyrrole nitrogens is 1. The highest BCUT2D eigenvalue weighted by atomic mass is 16.7. The van der Waals surface area contributed by atoms with Crippen molar-refractivity contribution in [2.45, 2.75) is 32.3 Å². The number of aromatic nitrogens is 2. The molecule has 0 aliphatic carbocycles. The van der Waals surface area contributed by atoms with Crippen LogP contribution in [0.3, 0.4) is 0 Å². The fraction of sp³-hybridized carbons (Fsp3) is 0.500. The zero-order valence-electron chi connectivity index (χ0n) is 10.4. The zero-order chi connectivity index (χ0) is 13.2. The van der Waals surface area contributed by atoms with Crippen LogP contribution in [0.4, 0.5) is 0 Å². The Balaban J connectivity index is 1.96. The second kappa shape index (κ2) is 4.91. The molecule has 0 radical (unpaired) electrons. The monoisotopic (exact) mass is 252 g/mol. The molecule has 1 aromatic rings. The van der Waals surface area contributed by atoms with Crippen molar-refractivity contribution in [2.24, 2.45) is 0 Å². The zero-order valence-corrected chi connectivity index (χ0v) is 10.4. The van der Waals surface area contributed by atoms with E-state index in [4.69, 9.17) is 9.47 Å². The predicted molar refractivity (Wildman–Crippen MR) is 65.4 cm³/mol. The molecule has 1 N–H and O–H groups in total. The Kier molecular flexibility index (Phi) is 3.49. The predicted octanol–water partition coefficient (Wildman–Crippen LogP) is 0.244. The third kappa shape index (κ3) is 3.18. The average Bonchev–Trinajstić information content (AvgIpc) is 2.61. The smallest absolute Gasteiger partial charge is 0.328 e. The molecule has 1 fully saturated rings. The number of rotatable bonds is 3. The number of hydrogen-bond acceptors (Lipinski definition) is 4. The highest BCUT2D eigenvalue weighted by Crippen LogP contribution is 2.22. The van der Waals surface area contributed by atoms with Gasteiger partial charge in [0.05, 0.1) is 6.61 Å². The van der Waals surface area contributed by atoms with E-state index in [1.165, 1.54) is 16.8 Å². The quantitative estimate of drug-likeness (QED) is 0.782. The molecular formula is C12H16N2O4. The lowest BCUT2D eigenvalue weighted by atomic mass is 10.3. The largest absolute Gasteiger partial charge is 0.347 e. The lowest BCUT2D eigenvalue weighted by Crippen LogP contribution is -2.28. The van der Waals surface area contributed by atoms with Gasteiger partial charge in [-0.25, -0.2) is 4.79 Å². The van der Waals surface area contributed by atoms with E-state index < -0.39 is 17.0 Å². The van der Waals surface area contributed by atoms with E-state index >= 15 is 0 Å². The molecule has 0 aromatic carbocycles. The number of allylic oxidation sites excluding steroid dienone is 1. The molecule has 6 nitrogen and oxygen atoms in total. The SMILES string of the molecule is CC1(C)OCC(/C=C/Cn2ccc(=O)[nH]c2=O)O1. The van der Waals surface area contributed by atoms with Gasteiger partial charge in [-0.3, -0.25) is 14.3 Å². The molecule has 98 valence electrons. The first-order chi connectivity index (χ1) is 8.46. The molecule has 1 aliphatic rings. The van der Waals surface area contributed by atoms with Gasteiger partial charge in [-0.15, -0.1) is 0 Å². The van der Waals surface area contributed by atoms with Crippen molar-refractivity contribution >= 4 is 0 Å². The maximum atomic E-state index is 11.4. The number of ether oxygens (including phenoxy) is 2. The molecule has 1 unspecified atom stereocenters. The van der Waals surface area contributed by atoms with E-state index in [-0.39, 0.29) is 6.10 Å². The summed E-state index contributed by atoms with van der Waals surface area (Å²) in [4.78, 5) is 24.5. The summed E-state index contributed by atoms with van der Waals surface area (Å²) < 4.78 is 12.4. The van der Waals surface area contributed by atoms with E-state index in [0.717, 1.165) is 0 Å². The van der Waals surface area contributed by atoms with E-state index in [9.17, 15) is 9.59 Å². The minimum absolute atomic E-state index is 0.0986. The minimum atomic E-state index is -0.552. The van der Waals surface area contributed by atoms with Gasteiger partial charge in [-0.2, -0.15) is 0 Å². The third-order valence-corrected chi connectivity index (χ3v) is 2.58. The molecule has 1 aromatic heterocycles.